The van der Waals surface area contributed by atoms with Gasteiger partial charge in [-0.2, -0.15) is 0 Å². The molecule has 3 aromatic carbocycles. The van der Waals surface area contributed by atoms with E-state index < -0.39 is 15.9 Å². The molecule has 3 aromatic rings. The molecule has 0 aliphatic rings. The van der Waals surface area contributed by atoms with Crippen LogP contribution in [0.5, 0.6) is 0 Å². The molecule has 0 aromatic heterocycles. The van der Waals surface area contributed by atoms with Crippen LogP contribution in [0.4, 0.5) is 11.4 Å². The van der Waals surface area contributed by atoms with Gasteiger partial charge in [0.05, 0.1) is 15.5 Å². The maximum absolute atomic E-state index is 12.8. The molecule has 0 aliphatic carbocycles. The smallest absolute Gasteiger partial charge is 0.261 e. The lowest BCUT2D eigenvalue weighted by Gasteiger charge is -2.12. The number of amides is 1. The second-order valence-corrected chi connectivity index (χ2v) is 9.27. The first kappa shape index (κ1) is 21.2. The van der Waals surface area contributed by atoms with Crippen LogP contribution >= 0.6 is 23.4 Å². The molecule has 0 saturated carbocycles. The predicted octanol–water partition coefficient (Wildman–Crippen LogP) is 5.42. The summed E-state index contributed by atoms with van der Waals surface area (Å²) in [5.41, 5.74) is 2.05. The van der Waals surface area contributed by atoms with Crippen LogP contribution < -0.4 is 10.0 Å². The Morgan fingerprint density at radius 2 is 1.69 bits per heavy atom. The summed E-state index contributed by atoms with van der Waals surface area (Å²) >= 11 is 7.72. The molecular formula is C21H19ClN2O3S2. The third kappa shape index (κ3) is 5.32. The summed E-state index contributed by atoms with van der Waals surface area (Å²) in [6.07, 6.45) is 1.94. The van der Waals surface area contributed by atoms with Crippen LogP contribution in [0, 0.1) is 6.92 Å². The largest absolute Gasteiger partial charge is 0.322 e. The Morgan fingerprint density at radius 1 is 0.966 bits per heavy atom. The van der Waals surface area contributed by atoms with Crippen molar-refractivity contribution in [3.63, 3.8) is 0 Å². The van der Waals surface area contributed by atoms with Crippen molar-refractivity contribution in [1.82, 2.24) is 0 Å². The van der Waals surface area contributed by atoms with Gasteiger partial charge < -0.3 is 5.32 Å². The van der Waals surface area contributed by atoms with Gasteiger partial charge in [-0.15, -0.1) is 11.8 Å². The van der Waals surface area contributed by atoms with Crippen molar-refractivity contribution < 1.29 is 13.2 Å². The van der Waals surface area contributed by atoms with E-state index in [4.69, 9.17) is 11.6 Å². The van der Waals surface area contributed by atoms with E-state index in [-0.39, 0.29) is 15.5 Å². The average molecular weight is 447 g/mol. The quantitative estimate of drug-likeness (QED) is 0.495. The van der Waals surface area contributed by atoms with E-state index in [1.54, 1.807) is 36.0 Å². The van der Waals surface area contributed by atoms with Crippen LogP contribution in [0.2, 0.25) is 5.02 Å². The Morgan fingerprint density at radius 3 is 2.41 bits per heavy atom. The Hall–Kier alpha value is -2.48. The van der Waals surface area contributed by atoms with Crippen molar-refractivity contribution in [2.24, 2.45) is 0 Å². The van der Waals surface area contributed by atoms with Gasteiger partial charge in [-0.25, -0.2) is 8.42 Å². The lowest BCUT2D eigenvalue weighted by molar-refractivity contribution is 0.102. The highest BCUT2D eigenvalue weighted by Gasteiger charge is 2.19. The second-order valence-electron chi connectivity index (χ2n) is 6.30. The van der Waals surface area contributed by atoms with Gasteiger partial charge in [-0.05, 0) is 67.3 Å². The van der Waals surface area contributed by atoms with Crippen molar-refractivity contribution in [2.75, 3.05) is 16.3 Å². The van der Waals surface area contributed by atoms with E-state index in [9.17, 15) is 13.2 Å². The summed E-state index contributed by atoms with van der Waals surface area (Å²) in [5, 5.41) is 2.92. The standard InChI is InChI=1S/C21H19ClN2O3S2/c1-14-5-3-7-16(11-14)24-29(26,27)18-9-10-20(22)19(13-18)21(25)23-15-6-4-8-17(12-15)28-2/h3-13,24H,1-2H3,(H,23,25). The first-order chi connectivity index (χ1) is 13.8. The minimum atomic E-state index is -3.88. The maximum Gasteiger partial charge on any atom is 0.261 e. The molecule has 0 fully saturated rings. The molecular weight excluding hydrogens is 428 g/mol. The first-order valence-corrected chi connectivity index (χ1v) is 11.7. The summed E-state index contributed by atoms with van der Waals surface area (Å²) in [6, 6.07) is 18.4. The summed E-state index contributed by atoms with van der Waals surface area (Å²) in [5.74, 6) is -0.485. The number of thioether (sulfide) groups is 1. The van der Waals surface area contributed by atoms with E-state index in [2.05, 4.69) is 10.0 Å². The number of sulfonamides is 1. The Labute approximate surface area is 179 Å². The molecule has 0 heterocycles. The van der Waals surface area contributed by atoms with Crippen LogP contribution in [-0.2, 0) is 10.0 Å². The molecule has 0 aliphatic heterocycles. The number of aryl methyl sites for hydroxylation is 1. The Kier molecular flexibility index (Phi) is 6.52. The highest BCUT2D eigenvalue weighted by atomic mass is 35.5. The van der Waals surface area contributed by atoms with Crippen molar-refractivity contribution in [3.05, 3.63) is 82.9 Å². The Bertz CT molecular complexity index is 1160. The van der Waals surface area contributed by atoms with E-state index in [0.717, 1.165) is 10.5 Å². The topological polar surface area (TPSA) is 75.3 Å². The van der Waals surface area contributed by atoms with Gasteiger partial charge in [0.1, 0.15) is 0 Å². The highest BCUT2D eigenvalue weighted by Crippen LogP contribution is 2.25. The molecule has 150 valence electrons. The van der Waals surface area contributed by atoms with E-state index in [0.29, 0.717) is 11.4 Å². The zero-order valence-electron chi connectivity index (χ0n) is 15.8. The van der Waals surface area contributed by atoms with Gasteiger partial charge in [-0.3, -0.25) is 9.52 Å². The first-order valence-electron chi connectivity index (χ1n) is 8.63. The van der Waals surface area contributed by atoms with Crippen LogP contribution in [0.25, 0.3) is 0 Å². The molecule has 0 atom stereocenters. The monoisotopic (exact) mass is 446 g/mol. The summed E-state index contributed by atoms with van der Waals surface area (Å²) in [7, 11) is -3.88. The second kappa shape index (κ2) is 8.90. The lowest BCUT2D eigenvalue weighted by atomic mass is 10.2. The number of carbonyl (C=O) groups excluding carboxylic acids is 1. The number of hydrogen-bond donors (Lipinski definition) is 2. The van der Waals surface area contributed by atoms with E-state index >= 15 is 0 Å². The molecule has 0 bridgehead atoms. The number of nitrogens with one attached hydrogen (secondary N) is 2. The minimum absolute atomic E-state index is 0.0496. The van der Waals surface area contributed by atoms with Crippen molar-refractivity contribution >= 4 is 50.7 Å². The van der Waals surface area contributed by atoms with Crippen LogP contribution in [0.1, 0.15) is 15.9 Å². The zero-order chi connectivity index (χ0) is 21.0. The molecule has 0 radical (unpaired) electrons. The number of hydrogen-bond acceptors (Lipinski definition) is 4. The average Bonchev–Trinajstić information content (AvgIpc) is 2.68. The van der Waals surface area contributed by atoms with Gasteiger partial charge in [0, 0.05) is 16.3 Å². The highest BCUT2D eigenvalue weighted by molar-refractivity contribution is 7.98. The molecule has 1 amide bonds. The van der Waals surface area contributed by atoms with E-state index in [1.165, 1.54) is 18.2 Å². The zero-order valence-corrected chi connectivity index (χ0v) is 18.2. The van der Waals surface area contributed by atoms with Crippen LogP contribution in [0.15, 0.2) is 76.5 Å². The van der Waals surface area contributed by atoms with Crippen LogP contribution in [0.3, 0.4) is 0 Å². The number of halogens is 1. The number of benzene rings is 3. The molecule has 2 N–H and O–H groups in total. The van der Waals surface area contributed by atoms with Gasteiger partial charge in [0.2, 0.25) is 0 Å². The Balaban J connectivity index is 1.87. The molecule has 0 unspecified atom stereocenters. The van der Waals surface area contributed by atoms with Crippen LogP contribution in [-0.4, -0.2) is 20.6 Å². The number of carbonyl (C=O) groups is 1. The lowest BCUT2D eigenvalue weighted by Crippen LogP contribution is -2.16. The van der Waals surface area contributed by atoms with E-state index in [1.807, 2.05) is 37.4 Å². The number of anilines is 2. The third-order valence-corrected chi connectivity index (χ3v) is 6.52. The maximum atomic E-state index is 12.8. The van der Waals surface area contributed by atoms with Gasteiger partial charge in [0.25, 0.3) is 15.9 Å². The SMILES string of the molecule is CSc1cccc(NC(=O)c2cc(S(=O)(=O)Nc3cccc(C)c3)ccc2Cl)c1. The van der Waals surface area contributed by atoms with Crippen molar-refractivity contribution in [3.8, 4) is 0 Å². The summed E-state index contributed by atoms with van der Waals surface area (Å²) in [6.45, 7) is 1.87. The number of rotatable bonds is 6. The molecule has 5 nitrogen and oxygen atoms in total. The van der Waals surface area contributed by atoms with Crippen molar-refractivity contribution in [1.29, 1.82) is 0 Å². The fraction of sp³-hybridized carbons (Fsp3) is 0.0952. The van der Waals surface area contributed by atoms with Crippen molar-refractivity contribution in [2.45, 2.75) is 16.7 Å². The molecule has 8 heteroatoms. The summed E-state index contributed by atoms with van der Waals surface area (Å²) in [4.78, 5) is 13.6. The predicted molar refractivity (Wildman–Crippen MR) is 120 cm³/mol. The molecule has 0 spiro atoms. The fourth-order valence-corrected chi connectivity index (χ4v) is 4.41. The van der Waals surface area contributed by atoms with Gasteiger partial charge in [-0.1, -0.05) is 29.8 Å². The molecule has 3 rings (SSSR count). The molecule has 0 saturated heterocycles. The van der Waals surface area contributed by atoms with Gasteiger partial charge >= 0.3 is 0 Å². The third-order valence-electron chi connectivity index (χ3n) is 4.09. The fourth-order valence-electron chi connectivity index (χ4n) is 2.67. The molecule has 29 heavy (non-hydrogen) atoms. The van der Waals surface area contributed by atoms with Gasteiger partial charge in [0.15, 0.2) is 0 Å². The minimum Gasteiger partial charge on any atom is -0.322 e. The summed E-state index contributed by atoms with van der Waals surface area (Å²) < 4.78 is 28.0. The normalized spacial score (nSPS) is 11.1.